The largest absolute Gasteiger partial charge is 0.368 e. The maximum atomic E-state index is 10.9. The fourth-order valence-electron chi connectivity index (χ4n) is 2.05. The summed E-state index contributed by atoms with van der Waals surface area (Å²) in [5.41, 5.74) is 1.05. The topological polar surface area (TPSA) is 26.3 Å². The number of ether oxygens (including phenoxy) is 1. The molecule has 0 saturated carbocycles. The van der Waals surface area contributed by atoms with E-state index in [1.54, 1.807) is 0 Å². The normalized spacial score (nSPS) is 16.3. The van der Waals surface area contributed by atoms with E-state index < -0.39 is 0 Å². The van der Waals surface area contributed by atoms with Crippen LogP contribution in [0.4, 0.5) is 0 Å². The summed E-state index contributed by atoms with van der Waals surface area (Å²) in [6.45, 7) is 9.71. The van der Waals surface area contributed by atoms with Crippen LogP contribution >= 0.6 is 15.9 Å². The van der Waals surface area contributed by atoms with Crippen molar-refractivity contribution in [3.05, 3.63) is 34.3 Å². The zero-order valence-electron chi connectivity index (χ0n) is 13.6. The van der Waals surface area contributed by atoms with Crippen molar-refractivity contribution >= 4 is 33.1 Å². The minimum Gasteiger partial charge on any atom is -0.368 e. The lowest BCUT2D eigenvalue weighted by molar-refractivity contribution is -0.110. The third kappa shape index (κ3) is 6.13. The molecule has 0 N–H and O–H groups in total. The number of carbonyl (C=O) groups is 1. The van der Waals surface area contributed by atoms with Crippen molar-refractivity contribution in [2.75, 3.05) is 12.9 Å². The Kier molecular flexibility index (Phi) is 7.45. The first-order valence-corrected chi connectivity index (χ1v) is 9.70. The van der Waals surface area contributed by atoms with Crippen molar-refractivity contribution in [3.63, 3.8) is 0 Å². The fraction of sp³-hybridized carbons (Fsp3) is 0.588. The Labute approximate surface area is 140 Å². The molecule has 0 aromatic heterocycles. The number of hydrogen-bond donors (Lipinski definition) is 0. The molecule has 0 bridgehead atoms. The number of hydrogen-bond acceptors (Lipinski definition) is 2. The van der Waals surface area contributed by atoms with Crippen LogP contribution in [0.3, 0.4) is 0 Å². The first-order chi connectivity index (χ1) is 9.75. The van der Waals surface area contributed by atoms with Crippen molar-refractivity contribution in [2.24, 2.45) is 0 Å². The number of aldehydes is 1. The number of carbonyl (C=O) groups excluding carboxylic acids is 1. The predicted molar refractivity (Wildman–Crippen MR) is 96.0 cm³/mol. The average Bonchev–Trinajstić information content (AvgIpc) is 2.41. The van der Waals surface area contributed by atoms with Gasteiger partial charge in [-0.15, -0.1) is 0 Å². The maximum absolute atomic E-state index is 10.9. The van der Waals surface area contributed by atoms with Gasteiger partial charge >= 0.3 is 0 Å². The van der Waals surface area contributed by atoms with E-state index in [2.05, 4.69) is 49.9 Å². The molecule has 0 radical (unpaired) electrons. The third-order valence-electron chi connectivity index (χ3n) is 3.63. The van der Waals surface area contributed by atoms with Gasteiger partial charge in [-0.05, 0) is 56.3 Å². The smallest absolute Gasteiger partial charge is 0.138 e. The highest BCUT2D eigenvalue weighted by molar-refractivity contribution is 9.10. The monoisotopic (exact) mass is 373 g/mol. The Bertz CT molecular complexity index is 456. The van der Waals surface area contributed by atoms with E-state index in [1.165, 1.54) is 0 Å². The molecular weight excluding hydrogens is 348 g/mol. The average molecular weight is 374 g/mol. The molecule has 118 valence electrons. The second kappa shape index (κ2) is 8.35. The molecule has 0 aliphatic carbocycles. The molecule has 0 aliphatic heterocycles. The molecule has 0 amide bonds. The van der Waals surface area contributed by atoms with E-state index in [-0.39, 0.29) is 17.0 Å². The van der Waals surface area contributed by atoms with Gasteiger partial charge in [0.1, 0.15) is 16.3 Å². The lowest BCUT2D eigenvalue weighted by Gasteiger charge is -2.25. The van der Waals surface area contributed by atoms with Crippen LogP contribution in [0.2, 0.25) is 0 Å². The van der Waals surface area contributed by atoms with Crippen molar-refractivity contribution in [1.29, 1.82) is 0 Å². The zero-order valence-corrected chi connectivity index (χ0v) is 16.0. The quantitative estimate of drug-likeness (QED) is 0.518. The standard InChI is InChI=1S/C17H26BrO2S/c1-13(21(5)17(2,3)4)12-20-16(9-10-19)14-7-6-8-15(18)11-14/h6-8,10-11,13,16H,9,12H2,1-5H3/q+1/t13-,16?,21?/m0/s1. The van der Waals surface area contributed by atoms with Gasteiger partial charge in [0.2, 0.25) is 0 Å². The van der Waals surface area contributed by atoms with E-state index >= 15 is 0 Å². The van der Waals surface area contributed by atoms with E-state index in [0.717, 1.165) is 16.3 Å². The molecular formula is C17H26BrO2S+. The van der Waals surface area contributed by atoms with Crippen LogP contribution in [0, 0.1) is 0 Å². The van der Waals surface area contributed by atoms with Gasteiger partial charge in [-0.3, -0.25) is 0 Å². The van der Waals surface area contributed by atoms with Gasteiger partial charge in [-0.2, -0.15) is 0 Å². The Hall–Kier alpha value is -0.320. The van der Waals surface area contributed by atoms with Gasteiger partial charge in [0.25, 0.3) is 0 Å². The molecule has 3 atom stereocenters. The second-order valence-electron chi connectivity index (χ2n) is 6.26. The molecule has 0 aliphatic rings. The van der Waals surface area contributed by atoms with Crippen LogP contribution in [-0.4, -0.2) is 29.1 Å². The number of halogens is 1. The second-order valence-corrected chi connectivity index (χ2v) is 10.3. The summed E-state index contributed by atoms with van der Waals surface area (Å²) in [5.74, 6) is 0. The summed E-state index contributed by atoms with van der Waals surface area (Å²) in [7, 11) is 0.264. The molecule has 1 rings (SSSR count). The van der Waals surface area contributed by atoms with E-state index in [0.29, 0.717) is 23.0 Å². The van der Waals surface area contributed by atoms with Crippen molar-refractivity contribution in [2.45, 2.75) is 50.2 Å². The highest BCUT2D eigenvalue weighted by atomic mass is 79.9. The molecule has 4 heteroatoms. The molecule has 0 heterocycles. The van der Waals surface area contributed by atoms with Crippen LogP contribution in [0.1, 0.15) is 45.8 Å². The summed E-state index contributed by atoms with van der Waals surface area (Å²) in [4.78, 5) is 10.9. The Morgan fingerprint density at radius 2 is 2.05 bits per heavy atom. The molecule has 1 aromatic rings. The van der Waals surface area contributed by atoms with Crippen LogP contribution < -0.4 is 0 Å². The molecule has 2 unspecified atom stereocenters. The van der Waals surface area contributed by atoms with Crippen molar-refractivity contribution in [3.8, 4) is 0 Å². The summed E-state index contributed by atoms with van der Waals surface area (Å²) >= 11 is 3.47. The van der Waals surface area contributed by atoms with Crippen LogP contribution in [0.25, 0.3) is 0 Å². The molecule has 1 aromatic carbocycles. The first kappa shape index (κ1) is 18.7. The Morgan fingerprint density at radius 3 is 2.57 bits per heavy atom. The third-order valence-corrected chi connectivity index (χ3v) is 7.40. The molecule has 21 heavy (non-hydrogen) atoms. The molecule has 0 spiro atoms. The molecule has 0 fully saturated rings. The van der Waals surface area contributed by atoms with Gasteiger partial charge < -0.3 is 9.53 Å². The van der Waals surface area contributed by atoms with Gasteiger partial charge in [0.15, 0.2) is 0 Å². The molecule has 0 saturated heterocycles. The van der Waals surface area contributed by atoms with E-state index in [9.17, 15) is 4.79 Å². The SMILES string of the molecule is C[C@@H](COC(CC=O)c1cccc(Br)c1)[S+](C)C(C)(C)C. The predicted octanol–water partition coefficient (Wildman–Crippen LogP) is 4.53. The van der Waals surface area contributed by atoms with Gasteiger partial charge in [0.05, 0.1) is 19.0 Å². The number of benzene rings is 1. The van der Waals surface area contributed by atoms with Crippen molar-refractivity contribution < 1.29 is 9.53 Å². The molecule has 2 nitrogen and oxygen atoms in total. The van der Waals surface area contributed by atoms with Crippen LogP contribution in [0.15, 0.2) is 28.7 Å². The Balaban J connectivity index is 2.70. The minimum atomic E-state index is -0.153. The summed E-state index contributed by atoms with van der Waals surface area (Å²) in [6, 6.07) is 7.99. The highest BCUT2D eigenvalue weighted by Crippen LogP contribution is 2.26. The first-order valence-electron chi connectivity index (χ1n) is 7.21. The maximum Gasteiger partial charge on any atom is 0.138 e. The number of rotatable bonds is 7. The summed E-state index contributed by atoms with van der Waals surface area (Å²) in [5, 5.41) is 0.478. The minimum absolute atomic E-state index is 0.153. The van der Waals surface area contributed by atoms with Crippen LogP contribution in [0.5, 0.6) is 0 Å². The lowest BCUT2D eigenvalue weighted by Crippen LogP contribution is -2.37. The summed E-state index contributed by atoms with van der Waals surface area (Å²) < 4.78 is 7.36. The van der Waals surface area contributed by atoms with Gasteiger partial charge in [-0.25, -0.2) is 0 Å². The van der Waals surface area contributed by atoms with Crippen molar-refractivity contribution in [1.82, 2.24) is 0 Å². The highest BCUT2D eigenvalue weighted by Gasteiger charge is 2.35. The fourth-order valence-corrected chi connectivity index (χ4v) is 3.96. The zero-order chi connectivity index (χ0) is 16.0. The van der Waals surface area contributed by atoms with Gasteiger partial charge in [-0.1, -0.05) is 28.1 Å². The van der Waals surface area contributed by atoms with E-state index in [4.69, 9.17) is 4.74 Å². The van der Waals surface area contributed by atoms with Gasteiger partial charge in [0, 0.05) is 10.9 Å². The van der Waals surface area contributed by atoms with E-state index in [1.807, 2.05) is 24.3 Å². The lowest BCUT2D eigenvalue weighted by atomic mass is 10.1. The summed E-state index contributed by atoms with van der Waals surface area (Å²) in [6.07, 6.45) is 3.48. The van der Waals surface area contributed by atoms with Crippen LogP contribution in [-0.2, 0) is 20.4 Å². The Morgan fingerprint density at radius 1 is 1.38 bits per heavy atom.